The van der Waals surface area contributed by atoms with Crippen molar-refractivity contribution < 1.29 is 0 Å². The molecular weight excluding hydrogens is 150 g/mol. The summed E-state index contributed by atoms with van der Waals surface area (Å²) in [7, 11) is 0. The van der Waals surface area contributed by atoms with Crippen LogP contribution in [-0.2, 0) is 0 Å². The molecule has 0 atom stereocenters. The predicted molar refractivity (Wildman–Crippen MR) is 35.9 cm³/mol. The lowest BCUT2D eigenvalue weighted by molar-refractivity contribution is 0.740. The molecule has 0 saturated carbocycles. The summed E-state index contributed by atoms with van der Waals surface area (Å²) in [5, 5.41) is 2.85. The average molecular weight is 153 g/mol. The Labute approximate surface area is 59.5 Å². The molecule has 7 heteroatoms. The van der Waals surface area contributed by atoms with Crippen LogP contribution in [0.2, 0.25) is 0 Å². The number of azide groups is 1. The Bertz CT molecular complexity index is 381. The second kappa shape index (κ2) is 2.72. The molecule has 1 aromatic heterocycles. The Morgan fingerprint density at radius 3 is 2.91 bits per heavy atom. The number of hydrogen-bond donors (Lipinski definition) is 1. The minimum atomic E-state index is -0.754. The lowest BCUT2D eigenvalue weighted by atomic mass is 10.7. The zero-order valence-corrected chi connectivity index (χ0v) is 5.26. The van der Waals surface area contributed by atoms with Crippen molar-refractivity contribution in [2.75, 3.05) is 0 Å². The summed E-state index contributed by atoms with van der Waals surface area (Å²) < 4.78 is 0.389. The van der Waals surface area contributed by atoms with Gasteiger partial charge in [0.05, 0.1) is 0 Å². The Morgan fingerprint density at radius 1 is 1.64 bits per heavy atom. The molecule has 0 unspecified atom stereocenters. The highest BCUT2D eigenvalue weighted by atomic mass is 16.2. The fourth-order valence-corrected chi connectivity index (χ4v) is 0.541. The molecule has 0 radical (unpaired) electrons. The molecule has 0 amide bonds. The van der Waals surface area contributed by atoms with Gasteiger partial charge in [-0.25, -0.2) is 9.59 Å². The van der Waals surface area contributed by atoms with Gasteiger partial charge in [0.25, 0.3) is 0 Å². The van der Waals surface area contributed by atoms with E-state index in [-0.39, 0.29) is 0 Å². The van der Waals surface area contributed by atoms with Crippen LogP contribution >= 0.6 is 0 Å². The predicted octanol–water partition coefficient (Wildman–Crippen LogP) is -0.390. The van der Waals surface area contributed by atoms with E-state index in [1.807, 2.05) is 0 Å². The van der Waals surface area contributed by atoms with Gasteiger partial charge in [-0.05, 0) is 5.22 Å². The lowest BCUT2D eigenvalue weighted by Crippen LogP contribution is -2.30. The molecule has 1 aromatic rings. The maximum Gasteiger partial charge on any atom is 0.423 e. The topological polar surface area (TPSA) is 104 Å². The number of rotatable bonds is 1. The van der Waals surface area contributed by atoms with E-state index < -0.39 is 11.2 Å². The molecule has 56 valence electrons. The van der Waals surface area contributed by atoms with E-state index in [0.717, 1.165) is 6.07 Å². The second-order valence-corrected chi connectivity index (χ2v) is 1.61. The van der Waals surface area contributed by atoms with Crippen LogP contribution in [0.3, 0.4) is 0 Å². The molecule has 1 heterocycles. The number of H-pyrrole nitrogens is 1. The van der Waals surface area contributed by atoms with E-state index in [2.05, 4.69) is 15.1 Å². The van der Waals surface area contributed by atoms with Gasteiger partial charge in [0, 0.05) is 12.3 Å². The van der Waals surface area contributed by atoms with Gasteiger partial charge in [0.2, 0.25) is 0 Å². The summed E-state index contributed by atoms with van der Waals surface area (Å²) in [6, 6.07) is 1.08. The normalized spacial score (nSPS) is 8.73. The highest BCUT2D eigenvalue weighted by molar-refractivity contribution is 4.81. The van der Waals surface area contributed by atoms with Crippen LogP contribution in [0, 0.1) is 0 Å². The quantitative estimate of drug-likeness (QED) is 0.337. The van der Waals surface area contributed by atoms with Gasteiger partial charge in [0.15, 0.2) is 0 Å². The Morgan fingerprint density at radius 2 is 2.36 bits per heavy atom. The molecule has 0 aliphatic heterocycles. The Hall–Kier alpha value is -2.01. The van der Waals surface area contributed by atoms with Crippen molar-refractivity contribution in [1.82, 2.24) is 9.66 Å². The van der Waals surface area contributed by atoms with E-state index in [1.165, 1.54) is 6.20 Å². The summed E-state index contributed by atoms with van der Waals surface area (Å²) in [6.45, 7) is 0. The van der Waals surface area contributed by atoms with Crippen molar-refractivity contribution in [1.29, 1.82) is 0 Å². The minimum Gasteiger partial charge on any atom is -0.293 e. The first-order valence-corrected chi connectivity index (χ1v) is 2.62. The molecule has 7 nitrogen and oxygen atoms in total. The van der Waals surface area contributed by atoms with Gasteiger partial charge in [0.1, 0.15) is 0 Å². The summed E-state index contributed by atoms with van der Waals surface area (Å²) in [5.74, 6) is 0. The van der Waals surface area contributed by atoms with E-state index >= 15 is 0 Å². The van der Waals surface area contributed by atoms with E-state index in [0.29, 0.717) is 4.68 Å². The maximum atomic E-state index is 10.7. The van der Waals surface area contributed by atoms with Gasteiger partial charge in [-0.2, -0.15) is 4.91 Å². The van der Waals surface area contributed by atoms with Gasteiger partial charge >= 0.3 is 11.2 Å². The first-order chi connectivity index (χ1) is 5.25. The number of hydrogen-bond acceptors (Lipinski definition) is 3. The van der Waals surface area contributed by atoms with Crippen molar-refractivity contribution >= 4 is 0 Å². The molecule has 0 aromatic carbocycles. The highest BCUT2D eigenvalue weighted by Gasteiger charge is 1.98. The molecule has 1 rings (SSSR count). The second-order valence-electron chi connectivity index (χ2n) is 1.61. The van der Waals surface area contributed by atoms with Crippen LogP contribution < -0.4 is 11.2 Å². The number of aromatic amines is 1. The zero-order valence-electron chi connectivity index (χ0n) is 5.26. The Kier molecular flexibility index (Phi) is 1.75. The summed E-state index contributed by atoms with van der Waals surface area (Å²) >= 11 is 0. The molecule has 0 aliphatic carbocycles. The average Bonchev–Trinajstić information content (AvgIpc) is 1.97. The Balaban J connectivity index is 3.57. The minimum absolute atomic E-state index is 0.389. The highest BCUT2D eigenvalue weighted by Crippen LogP contribution is 1.68. The van der Waals surface area contributed by atoms with Gasteiger partial charge in [-0.1, -0.05) is 4.68 Å². The van der Waals surface area contributed by atoms with E-state index in [4.69, 9.17) is 5.53 Å². The number of aromatic nitrogens is 2. The van der Waals surface area contributed by atoms with Crippen molar-refractivity contribution in [2.24, 2.45) is 5.22 Å². The summed E-state index contributed by atoms with van der Waals surface area (Å²) in [4.78, 5) is 25.8. The SMILES string of the molecule is [N-]=[N+]=Nn1c(=O)cc[nH]c1=O. The molecular formula is C4H3N5O2. The standard InChI is InChI=1S/C4H3N5O2/c5-7-8-9-3(10)1-2-6-4(9)11/h1-2H,(H,6,11). The van der Waals surface area contributed by atoms with Crippen LogP contribution in [0.15, 0.2) is 27.1 Å². The fourth-order valence-electron chi connectivity index (χ4n) is 0.541. The van der Waals surface area contributed by atoms with E-state index in [1.54, 1.807) is 0 Å². The van der Waals surface area contributed by atoms with Crippen LogP contribution in [0.1, 0.15) is 0 Å². The van der Waals surface area contributed by atoms with Gasteiger partial charge in [-0.15, -0.1) is 5.53 Å². The summed E-state index contributed by atoms with van der Waals surface area (Å²) in [5.41, 5.74) is 6.50. The monoisotopic (exact) mass is 153 g/mol. The third-order valence-electron chi connectivity index (χ3n) is 0.963. The maximum absolute atomic E-state index is 10.7. The van der Waals surface area contributed by atoms with Crippen LogP contribution in [0.5, 0.6) is 0 Å². The molecule has 1 N–H and O–H groups in total. The summed E-state index contributed by atoms with van der Waals surface area (Å²) in [6.07, 6.45) is 1.17. The molecule has 0 fully saturated rings. The third-order valence-corrected chi connectivity index (χ3v) is 0.963. The van der Waals surface area contributed by atoms with Crippen LogP contribution in [-0.4, -0.2) is 9.66 Å². The molecule has 0 spiro atoms. The van der Waals surface area contributed by atoms with Gasteiger partial charge < -0.3 is 0 Å². The molecule has 11 heavy (non-hydrogen) atoms. The van der Waals surface area contributed by atoms with Crippen molar-refractivity contribution in [3.05, 3.63) is 43.5 Å². The molecule has 0 bridgehead atoms. The molecule has 0 aliphatic rings. The fraction of sp³-hybridized carbons (Fsp3) is 0. The van der Waals surface area contributed by atoms with Crippen LogP contribution in [0.4, 0.5) is 0 Å². The van der Waals surface area contributed by atoms with E-state index in [9.17, 15) is 9.59 Å². The third kappa shape index (κ3) is 1.28. The number of nitrogens with one attached hydrogen (secondary N) is 1. The largest absolute Gasteiger partial charge is 0.423 e. The first-order valence-electron chi connectivity index (χ1n) is 2.62. The van der Waals surface area contributed by atoms with Gasteiger partial charge in [-0.3, -0.25) is 4.98 Å². The number of nitrogens with zero attached hydrogens (tertiary/aromatic N) is 4. The van der Waals surface area contributed by atoms with Crippen molar-refractivity contribution in [2.45, 2.75) is 0 Å². The van der Waals surface area contributed by atoms with Crippen LogP contribution in [0.25, 0.3) is 10.4 Å². The van der Waals surface area contributed by atoms with Crippen molar-refractivity contribution in [3.63, 3.8) is 0 Å². The zero-order chi connectivity index (χ0) is 8.27. The first kappa shape index (κ1) is 7.10. The molecule has 0 saturated heterocycles. The van der Waals surface area contributed by atoms with Crippen molar-refractivity contribution in [3.8, 4) is 0 Å². The smallest absolute Gasteiger partial charge is 0.293 e. The lowest BCUT2D eigenvalue weighted by Gasteiger charge is -1.84.